The molecule has 3 aliphatic carbocycles. The maximum Gasteiger partial charge on any atom is 0.164 e. The molecule has 12 rings (SSSR count). The Balaban J connectivity index is 1.18. The monoisotopic (exact) mass is 718 g/mol. The first kappa shape index (κ1) is 31.6. The lowest BCUT2D eigenvalue weighted by Gasteiger charge is -2.23. The van der Waals surface area contributed by atoms with Crippen LogP contribution in [-0.4, -0.2) is 19.1 Å². The van der Waals surface area contributed by atoms with Gasteiger partial charge in [-0.15, -0.1) is 0 Å². The Bertz CT molecular complexity index is 3270. The summed E-state index contributed by atoms with van der Waals surface area (Å²) in [6, 6.07) is 42.3. The van der Waals surface area contributed by atoms with Gasteiger partial charge >= 0.3 is 0 Å². The molecule has 0 aliphatic heterocycles. The van der Waals surface area contributed by atoms with Crippen molar-refractivity contribution in [2.45, 2.75) is 32.6 Å². The lowest BCUT2D eigenvalue weighted by atomic mass is 9.94. The van der Waals surface area contributed by atoms with Gasteiger partial charge in [0.2, 0.25) is 0 Å². The zero-order valence-electron chi connectivity index (χ0n) is 31.2. The summed E-state index contributed by atoms with van der Waals surface area (Å²) in [6.45, 7) is 2.34. The number of fused-ring (bicyclic) bond motifs is 11. The summed E-state index contributed by atoms with van der Waals surface area (Å²) >= 11 is 0. The molecule has 4 nitrogen and oxygen atoms in total. The van der Waals surface area contributed by atoms with Gasteiger partial charge in [-0.2, -0.15) is 0 Å². The lowest BCUT2D eigenvalue weighted by Crippen LogP contribution is -2.14. The highest BCUT2D eigenvalue weighted by atomic mass is 15.1. The van der Waals surface area contributed by atoms with Crippen LogP contribution in [0.15, 0.2) is 140 Å². The van der Waals surface area contributed by atoms with Crippen LogP contribution in [-0.2, 0) is 19.3 Å². The van der Waals surface area contributed by atoms with Gasteiger partial charge in [0.15, 0.2) is 5.82 Å². The molecule has 0 saturated carbocycles. The van der Waals surface area contributed by atoms with E-state index in [1.807, 2.05) is 0 Å². The molecule has 0 bridgehead atoms. The predicted molar refractivity (Wildman–Crippen MR) is 235 cm³/mol. The zero-order valence-corrected chi connectivity index (χ0v) is 31.2. The van der Waals surface area contributed by atoms with Gasteiger partial charge < -0.3 is 4.57 Å². The fourth-order valence-electron chi connectivity index (χ4n) is 9.75. The lowest BCUT2D eigenvalue weighted by molar-refractivity contribution is 0.688. The van der Waals surface area contributed by atoms with Crippen molar-refractivity contribution in [1.82, 2.24) is 19.1 Å². The number of hydrogen-bond donors (Lipinski definition) is 0. The molecule has 0 saturated heterocycles. The predicted octanol–water partition coefficient (Wildman–Crippen LogP) is 12.8. The van der Waals surface area contributed by atoms with Crippen LogP contribution in [0.25, 0.3) is 95.1 Å². The van der Waals surface area contributed by atoms with Crippen LogP contribution in [0.2, 0.25) is 0 Å². The van der Waals surface area contributed by atoms with Crippen molar-refractivity contribution in [2.75, 3.05) is 0 Å². The van der Waals surface area contributed by atoms with Crippen LogP contribution < -0.4 is 0 Å². The number of hydrogen-bond acceptors (Lipinski definition) is 2. The second kappa shape index (κ2) is 12.1. The Morgan fingerprint density at radius 1 is 0.607 bits per heavy atom. The van der Waals surface area contributed by atoms with Crippen molar-refractivity contribution in [3.63, 3.8) is 0 Å². The second-order valence-electron chi connectivity index (χ2n) is 15.7. The highest BCUT2D eigenvalue weighted by Gasteiger charge is 2.29. The van der Waals surface area contributed by atoms with Crippen molar-refractivity contribution in [2.24, 2.45) is 5.92 Å². The molecule has 3 aromatic heterocycles. The van der Waals surface area contributed by atoms with Gasteiger partial charge in [-0.05, 0) is 76.4 Å². The van der Waals surface area contributed by atoms with Gasteiger partial charge in [0, 0.05) is 56.4 Å². The Morgan fingerprint density at radius 2 is 1.38 bits per heavy atom. The Morgan fingerprint density at radius 3 is 2.25 bits per heavy atom. The van der Waals surface area contributed by atoms with Gasteiger partial charge in [0.25, 0.3) is 0 Å². The fraction of sp³-hybridized carbons (Fsp3) is 0.115. The van der Waals surface area contributed by atoms with Crippen molar-refractivity contribution < 1.29 is 0 Å². The molecule has 9 aromatic rings. The minimum Gasteiger partial charge on any atom is -0.316 e. The normalized spacial score (nSPS) is 16.1. The summed E-state index contributed by atoms with van der Waals surface area (Å²) in [7, 11) is 0. The van der Waals surface area contributed by atoms with Gasteiger partial charge in [-0.3, -0.25) is 4.57 Å². The Labute approximate surface area is 325 Å². The molecule has 0 fully saturated rings. The van der Waals surface area contributed by atoms with Crippen molar-refractivity contribution in [3.05, 3.63) is 173 Å². The van der Waals surface area contributed by atoms with Gasteiger partial charge in [-0.25, -0.2) is 9.97 Å². The minimum absolute atomic E-state index is 0.480. The van der Waals surface area contributed by atoms with E-state index in [-0.39, 0.29) is 0 Å². The molecular formula is C52H38N4. The van der Waals surface area contributed by atoms with E-state index in [1.54, 1.807) is 0 Å². The third-order valence-corrected chi connectivity index (χ3v) is 12.3. The average molecular weight is 719 g/mol. The molecule has 1 unspecified atom stereocenters. The number of allylic oxidation sites excluding steroid dienone is 5. The maximum atomic E-state index is 5.61. The molecule has 3 aliphatic rings. The molecule has 0 amide bonds. The molecule has 0 spiro atoms. The molecule has 56 heavy (non-hydrogen) atoms. The van der Waals surface area contributed by atoms with E-state index in [9.17, 15) is 0 Å². The van der Waals surface area contributed by atoms with Crippen LogP contribution in [0.3, 0.4) is 0 Å². The molecule has 0 radical (unpaired) electrons. The van der Waals surface area contributed by atoms with Crippen LogP contribution >= 0.6 is 0 Å². The number of rotatable bonds is 3. The molecule has 1 atom stereocenters. The summed E-state index contributed by atoms with van der Waals surface area (Å²) in [5, 5.41) is 10.0. The summed E-state index contributed by atoms with van der Waals surface area (Å²) in [4.78, 5) is 11.1. The number of benzene rings is 6. The smallest absolute Gasteiger partial charge is 0.164 e. The zero-order chi connectivity index (χ0) is 36.9. The summed E-state index contributed by atoms with van der Waals surface area (Å²) < 4.78 is 5.11. The minimum atomic E-state index is 0.480. The van der Waals surface area contributed by atoms with Crippen LogP contribution in [0.4, 0.5) is 0 Å². The van der Waals surface area contributed by atoms with E-state index in [4.69, 9.17) is 9.97 Å². The van der Waals surface area contributed by atoms with E-state index in [1.165, 1.54) is 82.3 Å². The molecule has 0 N–H and O–H groups in total. The highest BCUT2D eigenvalue weighted by molar-refractivity contribution is 6.12. The van der Waals surface area contributed by atoms with Crippen LogP contribution in [0.5, 0.6) is 0 Å². The number of aromatic nitrogens is 4. The quantitative estimate of drug-likeness (QED) is 0.182. The topological polar surface area (TPSA) is 35.6 Å². The molecular weight excluding hydrogens is 681 g/mol. The second-order valence-corrected chi connectivity index (χ2v) is 15.7. The maximum absolute atomic E-state index is 5.61. The largest absolute Gasteiger partial charge is 0.316 e. The van der Waals surface area contributed by atoms with Crippen molar-refractivity contribution in [1.29, 1.82) is 0 Å². The third kappa shape index (κ3) is 4.65. The van der Waals surface area contributed by atoms with Gasteiger partial charge in [-0.1, -0.05) is 140 Å². The standard InChI is InChI=1S/C52H38N4/c1-32-22-25-40-42-26-23-34-13-8-10-18-39(34)51(42)55(48(40)28-32)37-24-27-47-44(31-37)43-29-35-14-5-6-15-36(35)30-49(43)56(47)52-50(53-45-20-3-2-4-21-46(45)54-52)41-19-11-16-33-12-7-9-17-38(33)41/h2-20,22-23,25-26,29-32H,21,24,27-28H2,1H3. The van der Waals surface area contributed by atoms with E-state index in [0.717, 1.165) is 54.1 Å². The van der Waals surface area contributed by atoms with Crippen molar-refractivity contribution >= 4 is 78.0 Å². The third-order valence-electron chi connectivity index (χ3n) is 12.3. The Kier molecular flexibility index (Phi) is 6.83. The first-order chi connectivity index (χ1) is 27.7. The fourth-order valence-corrected chi connectivity index (χ4v) is 9.75. The van der Waals surface area contributed by atoms with E-state index in [2.05, 4.69) is 174 Å². The summed E-state index contributed by atoms with van der Waals surface area (Å²) in [5.74, 6) is 1.38. The first-order valence-electron chi connectivity index (χ1n) is 19.9. The first-order valence-corrected chi connectivity index (χ1v) is 19.9. The van der Waals surface area contributed by atoms with Gasteiger partial charge in [0.05, 0.1) is 22.4 Å². The highest BCUT2D eigenvalue weighted by Crippen LogP contribution is 2.45. The molecule has 4 heteroatoms. The molecule has 3 heterocycles. The van der Waals surface area contributed by atoms with E-state index >= 15 is 0 Å². The van der Waals surface area contributed by atoms with Crippen LogP contribution in [0.1, 0.15) is 47.2 Å². The average Bonchev–Trinajstić information content (AvgIpc) is 3.62. The van der Waals surface area contributed by atoms with Crippen LogP contribution in [0, 0.1) is 5.92 Å². The van der Waals surface area contributed by atoms with E-state index in [0.29, 0.717) is 5.92 Å². The number of nitrogens with zero attached hydrogens (tertiary/aromatic N) is 4. The molecule has 266 valence electrons. The molecule has 6 aromatic carbocycles. The SMILES string of the molecule is CC1C=Cc2c(n(C3=Cc4c(n(-c5nc6c(nc5-c5cccc7ccccc57)C=CC=CC6)c5cc6ccccc6cc45)CC3)c3c2ccc2ccccc23)C1. The van der Waals surface area contributed by atoms with E-state index < -0.39 is 0 Å². The summed E-state index contributed by atoms with van der Waals surface area (Å²) in [6.07, 6.45) is 19.3. The summed E-state index contributed by atoms with van der Waals surface area (Å²) in [5.41, 5.74) is 13.1. The Hall–Kier alpha value is -6.78. The van der Waals surface area contributed by atoms with Crippen molar-refractivity contribution in [3.8, 4) is 17.1 Å². The van der Waals surface area contributed by atoms with Gasteiger partial charge in [0.1, 0.15) is 5.69 Å².